The summed E-state index contributed by atoms with van der Waals surface area (Å²) >= 11 is 0. The predicted octanol–water partition coefficient (Wildman–Crippen LogP) is 1.60. The summed E-state index contributed by atoms with van der Waals surface area (Å²) in [6, 6.07) is 0.709. The van der Waals surface area contributed by atoms with E-state index in [4.69, 9.17) is 5.73 Å². The monoisotopic (exact) mass is 253 g/mol. The van der Waals surface area contributed by atoms with Crippen LogP contribution in [0.5, 0.6) is 0 Å². The van der Waals surface area contributed by atoms with Crippen molar-refractivity contribution in [3.63, 3.8) is 0 Å². The molecule has 0 radical (unpaired) electrons. The van der Waals surface area contributed by atoms with Gasteiger partial charge in [0.05, 0.1) is 5.69 Å². The molecule has 2 rings (SSSR count). The number of nitrogen functional groups attached to an aromatic ring is 1. The van der Waals surface area contributed by atoms with Gasteiger partial charge in [0.1, 0.15) is 0 Å². The van der Waals surface area contributed by atoms with E-state index in [9.17, 15) is 8.78 Å². The minimum Gasteiger partial charge on any atom is -0.381 e. The van der Waals surface area contributed by atoms with Gasteiger partial charge in [-0.1, -0.05) is 0 Å². The van der Waals surface area contributed by atoms with Gasteiger partial charge in [0, 0.05) is 31.4 Å². The first-order chi connectivity index (χ1) is 8.47. The SMILES string of the molecule is Cc1nn(C)cc1CNc1nc(N)c(F)cc1F. The molecule has 0 aliphatic rings. The van der Waals surface area contributed by atoms with Gasteiger partial charge in [-0.15, -0.1) is 0 Å². The Balaban J connectivity index is 2.15. The van der Waals surface area contributed by atoms with Crippen molar-refractivity contribution in [1.29, 1.82) is 0 Å². The number of nitrogens with two attached hydrogens (primary N) is 1. The molecule has 5 nitrogen and oxygen atoms in total. The van der Waals surface area contributed by atoms with Crippen molar-refractivity contribution < 1.29 is 8.78 Å². The molecule has 7 heteroatoms. The van der Waals surface area contributed by atoms with E-state index in [1.165, 1.54) is 0 Å². The van der Waals surface area contributed by atoms with Crippen LogP contribution in [0.1, 0.15) is 11.3 Å². The molecule has 0 atom stereocenters. The number of pyridine rings is 1. The maximum absolute atomic E-state index is 13.4. The Bertz CT molecular complexity index is 579. The molecule has 0 fully saturated rings. The third-order valence-electron chi connectivity index (χ3n) is 2.52. The lowest BCUT2D eigenvalue weighted by molar-refractivity contribution is 0.579. The highest BCUT2D eigenvalue weighted by Gasteiger charge is 2.10. The number of halogens is 2. The van der Waals surface area contributed by atoms with Crippen molar-refractivity contribution in [2.75, 3.05) is 11.1 Å². The zero-order chi connectivity index (χ0) is 13.3. The van der Waals surface area contributed by atoms with Gasteiger partial charge in [-0.3, -0.25) is 4.68 Å². The van der Waals surface area contributed by atoms with E-state index in [1.54, 1.807) is 11.7 Å². The number of rotatable bonds is 3. The second kappa shape index (κ2) is 4.59. The Labute approximate surface area is 103 Å². The van der Waals surface area contributed by atoms with Crippen LogP contribution in [0.2, 0.25) is 0 Å². The van der Waals surface area contributed by atoms with Crippen molar-refractivity contribution in [3.8, 4) is 0 Å². The van der Waals surface area contributed by atoms with Crippen LogP contribution in [-0.4, -0.2) is 14.8 Å². The van der Waals surface area contributed by atoms with Crippen molar-refractivity contribution in [1.82, 2.24) is 14.8 Å². The molecule has 0 aliphatic heterocycles. The van der Waals surface area contributed by atoms with Crippen molar-refractivity contribution in [2.24, 2.45) is 7.05 Å². The normalized spacial score (nSPS) is 10.7. The molecule has 0 amide bonds. The van der Waals surface area contributed by atoms with E-state index in [-0.39, 0.29) is 11.6 Å². The summed E-state index contributed by atoms with van der Waals surface area (Å²) in [4.78, 5) is 3.61. The number of nitrogens with one attached hydrogen (secondary N) is 1. The summed E-state index contributed by atoms with van der Waals surface area (Å²) in [6.07, 6.45) is 1.81. The molecule has 18 heavy (non-hydrogen) atoms. The first kappa shape index (κ1) is 12.3. The lowest BCUT2D eigenvalue weighted by atomic mass is 10.2. The Morgan fingerprint density at radius 2 is 2.11 bits per heavy atom. The van der Waals surface area contributed by atoms with Gasteiger partial charge in [-0.2, -0.15) is 5.10 Å². The molecule has 0 saturated heterocycles. The van der Waals surface area contributed by atoms with Crippen LogP contribution < -0.4 is 11.1 Å². The smallest absolute Gasteiger partial charge is 0.168 e. The number of nitrogens with zero attached hydrogens (tertiary/aromatic N) is 3. The molecule has 96 valence electrons. The largest absolute Gasteiger partial charge is 0.381 e. The summed E-state index contributed by atoms with van der Waals surface area (Å²) in [5.74, 6) is -2.04. The van der Waals surface area contributed by atoms with E-state index in [0.29, 0.717) is 12.6 Å². The van der Waals surface area contributed by atoms with Crippen LogP contribution in [0.4, 0.5) is 20.4 Å². The van der Waals surface area contributed by atoms with Gasteiger partial charge in [-0.05, 0) is 6.92 Å². The van der Waals surface area contributed by atoms with Crippen LogP contribution in [-0.2, 0) is 13.6 Å². The topological polar surface area (TPSA) is 68.8 Å². The first-order valence-corrected chi connectivity index (χ1v) is 5.32. The molecule has 0 aliphatic carbocycles. The minimum absolute atomic E-state index is 0.0721. The molecule has 2 aromatic heterocycles. The van der Waals surface area contributed by atoms with Gasteiger partial charge in [0.25, 0.3) is 0 Å². The number of anilines is 2. The fraction of sp³-hybridized carbons (Fsp3) is 0.273. The molecular formula is C11H13F2N5. The average Bonchev–Trinajstić information content (AvgIpc) is 2.61. The highest BCUT2D eigenvalue weighted by Crippen LogP contribution is 2.17. The Morgan fingerprint density at radius 1 is 1.39 bits per heavy atom. The summed E-state index contributed by atoms with van der Waals surface area (Å²) in [6.45, 7) is 2.19. The van der Waals surface area contributed by atoms with E-state index >= 15 is 0 Å². The van der Waals surface area contributed by atoms with E-state index in [2.05, 4.69) is 15.4 Å². The van der Waals surface area contributed by atoms with Crippen LogP contribution in [0.3, 0.4) is 0 Å². The van der Waals surface area contributed by atoms with Gasteiger partial charge in [0.2, 0.25) is 0 Å². The Hall–Kier alpha value is -2.18. The summed E-state index contributed by atoms with van der Waals surface area (Å²) in [5, 5.41) is 6.92. The van der Waals surface area contributed by atoms with Gasteiger partial charge >= 0.3 is 0 Å². The molecule has 0 saturated carbocycles. The van der Waals surface area contributed by atoms with Gasteiger partial charge < -0.3 is 11.1 Å². The maximum atomic E-state index is 13.4. The average molecular weight is 253 g/mol. The van der Waals surface area contributed by atoms with Crippen LogP contribution in [0, 0.1) is 18.6 Å². The molecule has 3 N–H and O–H groups in total. The van der Waals surface area contributed by atoms with E-state index in [1.807, 2.05) is 13.1 Å². The molecule has 0 spiro atoms. The standard InChI is InChI=1S/C11H13F2N5/c1-6-7(5-18(2)17-6)4-15-11-9(13)3-8(12)10(14)16-11/h3,5H,4H2,1-2H3,(H3,14,15,16). The predicted molar refractivity (Wildman–Crippen MR) is 63.8 cm³/mol. The highest BCUT2D eigenvalue weighted by molar-refractivity contribution is 5.45. The summed E-state index contributed by atoms with van der Waals surface area (Å²) in [5.41, 5.74) is 7.02. The van der Waals surface area contributed by atoms with Gasteiger partial charge in [-0.25, -0.2) is 13.8 Å². The number of hydrogen-bond acceptors (Lipinski definition) is 4. The second-order valence-corrected chi connectivity index (χ2v) is 3.95. The number of aryl methyl sites for hydroxylation is 2. The minimum atomic E-state index is -0.865. The zero-order valence-corrected chi connectivity index (χ0v) is 10.0. The molecular weight excluding hydrogens is 240 g/mol. The molecule has 2 heterocycles. The third-order valence-corrected chi connectivity index (χ3v) is 2.52. The van der Waals surface area contributed by atoms with Crippen LogP contribution in [0.15, 0.2) is 12.3 Å². The molecule has 0 unspecified atom stereocenters. The zero-order valence-electron chi connectivity index (χ0n) is 10.0. The quantitative estimate of drug-likeness (QED) is 0.871. The fourth-order valence-electron chi connectivity index (χ4n) is 1.61. The highest BCUT2D eigenvalue weighted by atomic mass is 19.1. The first-order valence-electron chi connectivity index (χ1n) is 5.32. The fourth-order valence-corrected chi connectivity index (χ4v) is 1.61. The lowest BCUT2D eigenvalue weighted by Gasteiger charge is -2.07. The summed E-state index contributed by atoms with van der Waals surface area (Å²) < 4.78 is 28.0. The van der Waals surface area contributed by atoms with Gasteiger partial charge in [0.15, 0.2) is 23.3 Å². The molecule has 2 aromatic rings. The van der Waals surface area contributed by atoms with E-state index < -0.39 is 11.6 Å². The Morgan fingerprint density at radius 3 is 2.72 bits per heavy atom. The maximum Gasteiger partial charge on any atom is 0.168 e. The lowest BCUT2D eigenvalue weighted by Crippen LogP contribution is -2.07. The Kier molecular flexibility index (Phi) is 3.14. The van der Waals surface area contributed by atoms with E-state index in [0.717, 1.165) is 11.3 Å². The number of aromatic nitrogens is 3. The molecule has 0 aromatic carbocycles. The second-order valence-electron chi connectivity index (χ2n) is 3.95. The van der Waals surface area contributed by atoms with Crippen molar-refractivity contribution in [2.45, 2.75) is 13.5 Å². The third kappa shape index (κ3) is 2.39. The van der Waals surface area contributed by atoms with Crippen LogP contribution >= 0.6 is 0 Å². The van der Waals surface area contributed by atoms with Crippen molar-refractivity contribution >= 4 is 11.6 Å². The molecule has 0 bridgehead atoms. The van der Waals surface area contributed by atoms with Crippen molar-refractivity contribution in [3.05, 3.63) is 35.2 Å². The summed E-state index contributed by atoms with van der Waals surface area (Å²) in [7, 11) is 1.80. The number of hydrogen-bond donors (Lipinski definition) is 2. The van der Waals surface area contributed by atoms with Crippen LogP contribution in [0.25, 0.3) is 0 Å².